The number of nitrogens with zero attached hydrogens (tertiary/aromatic N) is 2. The molecule has 1 unspecified atom stereocenters. The lowest BCUT2D eigenvalue weighted by Crippen LogP contribution is -2.28. The highest BCUT2D eigenvalue weighted by molar-refractivity contribution is 5.08. The predicted molar refractivity (Wildman–Crippen MR) is 52.0 cm³/mol. The second-order valence-electron chi connectivity index (χ2n) is 3.40. The molecule has 3 N–H and O–H groups in total. The average Bonchev–Trinajstić information content (AvgIpc) is 2.24. The van der Waals surface area contributed by atoms with Crippen LogP contribution in [0.1, 0.15) is 30.9 Å². The molecule has 0 aliphatic heterocycles. The van der Waals surface area contributed by atoms with Gasteiger partial charge in [0, 0.05) is 30.4 Å². The zero-order chi connectivity index (χ0) is 12.0. The Morgan fingerprint density at radius 3 is 2.44 bits per heavy atom. The number of hydrogen-bond donors (Lipinski definition) is 2. The van der Waals surface area contributed by atoms with Crippen LogP contribution in [-0.4, -0.2) is 16.1 Å². The van der Waals surface area contributed by atoms with Crippen molar-refractivity contribution in [2.24, 2.45) is 5.84 Å². The monoisotopic (exact) mass is 234 g/mol. The maximum Gasteiger partial charge on any atom is 0.389 e. The van der Waals surface area contributed by atoms with Crippen LogP contribution >= 0.6 is 0 Å². The van der Waals surface area contributed by atoms with Gasteiger partial charge in [0.25, 0.3) is 0 Å². The summed E-state index contributed by atoms with van der Waals surface area (Å²) in [4.78, 5) is 7.56. The maximum atomic E-state index is 11.9. The van der Waals surface area contributed by atoms with Crippen molar-refractivity contribution < 1.29 is 13.2 Å². The number of hydrazine groups is 1. The Hall–Kier alpha value is -1.21. The fourth-order valence-electron chi connectivity index (χ4n) is 1.34. The molecule has 0 aliphatic carbocycles. The minimum atomic E-state index is -4.12. The predicted octanol–water partition coefficient (Wildman–Crippen LogP) is 1.71. The highest BCUT2D eigenvalue weighted by Crippen LogP contribution is 2.25. The van der Waals surface area contributed by atoms with Crippen LogP contribution in [0.15, 0.2) is 18.7 Å². The number of nitrogens with two attached hydrogens (primary N) is 1. The Labute approximate surface area is 91.1 Å². The average molecular weight is 234 g/mol. The quantitative estimate of drug-likeness (QED) is 0.601. The smallest absolute Gasteiger partial charge is 0.271 e. The van der Waals surface area contributed by atoms with Crippen LogP contribution in [-0.2, 0) is 0 Å². The molecule has 0 bridgehead atoms. The molecule has 16 heavy (non-hydrogen) atoms. The van der Waals surface area contributed by atoms with Gasteiger partial charge in [-0.3, -0.25) is 11.3 Å². The van der Waals surface area contributed by atoms with Gasteiger partial charge in [0.1, 0.15) is 6.33 Å². The van der Waals surface area contributed by atoms with E-state index in [0.717, 1.165) is 0 Å². The Balaban J connectivity index is 2.45. The summed E-state index contributed by atoms with van der Waals surface area (Å²) in [5.74, 6) is 5.27. The lowest BCUT2D eigenvalue weighted by molar-refractivity contribution is -0.135. The van der Waals surface area contributed by atoms with Crippen molar-refractivity contribution in [1.29, 1.82) is 0 Å². The van der Waals surface area contributed by atoms with Crippen LogP contribution in [0.2, 0.25) is 0 Å². The Kier molecular flexibility index (Phi) is 4.63. The number of rotatable bonds is 5. The molecule has 7 heteroatoms. The highest BCUT2D eigenvalue weighted by atomic mass is 19.4. The van der Waals surface area contributed by atoms with Gasteiger partial charge in [0.05, 0.1) is 0 Å². The van der Waals surface area contributed by atoms with E-state index < -0.39 is 12.6 Å². The second kappa shape index (κ2) is 5.76. The molecule has 0 saturated carbocycles. The molecule has 0 spiro atoms. The van der Waals surface area contributed by atoms with Gasteiger partial charge in [-0.15, -0.1) is 0 Å². The number of aromatic nitrogens is 2. The van der Waals surface area contributed by atoms with Gasteiger partial charge in [-0.25, -0.2) is 9.97 Å². The van der Waals surface area contributed by atoms with E-state index in [9.17, 15) is 13.2 Å². The van der Waals surface area contributed by atoms with Crippen LogP contribution < -0.4 is 11.3 Å². The third-order valence-corrected chi connectivity index (χ3v) is 2.14. The summed E-state index contributed by atoms with van der Waals surface area (Å²) in [5.41, 5.74) is 3.14. The topological polar surface area (TPSA) is 63.8 Å². The fourth-order valence-corrected chi connectivity index (χ4v) is 1.34. The molecule has 1 aromatic rings. The molecule has 0 aromatic carbocycles. The minimum Gasteiger partial charge on any atom is -0.271 e. The molecule has 90 valence electrons. The fraction of sp³-hybridized carbons (Fsp3) is 0.556. The molecule has 4 nitrogen and oxygen atoms in total. The van der Waals surface area contributed by atoms with Gasteiger partial charge in [-0.2, -0.15) is 13.2 Å². The molecule has 0 saturated heterocycles. The molecular formula is C9H13F3N4. The first kappa shape index (κ1) is 12.9. The van der Waals surface area contributed by atoms with Gasteiger partial charge in [-0.05, 0) is 12.8 Å². The lowest BCUT2D eigenvalue weighted by atomic mass is 10.0. The van der Waals surface area contributed by atoms with Crippen molar-refractivity contribution >= 4 is 0 Å². The van der Waals surface area contributed by atoms with Gasteiger partial charge in [-0.1, -0.05) is 0 Å². The van der Waals surface area contributed by atoms with Crippen molar-refractivity contribution in [3.8, 4) is 0 Å². The normalized spacial score (nSPS) is 13.8. The third kappa shape index (κ3) is 4.54. The SMILES string of the molecule is NNC(CCCC(F)(F)F)c1cncnc1. The Bertz CT molecular complexity index is 301. The highest BCUT2D eigenvalue weighted by Gasteiger charge is 2.26. The van der Waals surface area contributed by atoms with E-state index in [1.807, 2.05) is 0 Å². The number of alkyl halides is 3. The van der Waals surface area contributed by atoms with Crippen molar-refractivity contribution in [2.75, 3.05) is 0 Å². The first-order chi connectivity index (χ1) is 7.53. The van der Waals surface area contributed by atoms with E-state index in [-0.39, 0.29) is 12.5 Å². The summed E-state index contributed by atoms with van der Waals surface area (Å²) in [7, 11) is 0. The number of hydrogen-bond acceptors (Lipinski definition) is 4. The molecule has 1 aromatic heterocycles. The molecule has 1 atom stereocenters. The van der Waals surface area contributed by atoms with E-state index in [4.69, 9.17) is 5.84 Å². The van der Waals surface area contributed by atoms with Crippen LogP contribution in [0.5, 0.6) is 0 Å². The largest absolute Gasteiger partial charge is 0.389 e. The summed E-state index contributed by atoms with van der Waals surface area (Å²) < 4.78 is 35.8. The number of nitrogens with one attached hydrogen (secondary N) is 1. The Morgan fingerprint density at radius 1 is 1.31 bits per heavy atom. The van der Waals surface area contributed by atoms with Crippen LogP contribution in [0.4, 0.5) is 13.2 Å². The van der Waals surface area contributed by atoms with Crippen molar-refractivity contribution in [1.82, 2.24) is 15.4 Å². The summed E-state index contributed by atoms with van der Waals surface area (Å²) in [6, 6.07) is -0.344. The van der Waals surface area contributed by atoms with E-state index in [1.165, 1.54) is 18.7 Å². The van der Waals surface area contributed by atoms with Crippen molar-refractivity contribution in [2.45, 2.75) is 31.5 Å². The maximum absolute atomic E-state index is 11.9. The molecular weight excluding hydrogens is 221 g/mol. The first-order valence-corrected chi connectivity index (χ1v) is 4.80. The first-order valence-electron chi connectivity index (χ1n) is 4.80. The molecule has 0 fully saturated rings. The summed E-state index contributed by atoms with van der Waals surface area (Å²) >= 11 is 0. The van der Waals surface area contributed by atoms with Crippen LogP contribution in [0.3, 0.4) is 0 Å². The molecule has 1 rings (SSSR count). The van der Waals surface area contributed by atoms with Crippen molar-refractivity contribution in [3.63, 3.8) is 0 Å². The van der Waals surface area contributed by atoms with Gasteiger partial charge in [0.2, 0.25) is 0 Å². The summed E-state index contributed by atoms with van der Waals surface area (Å²) in [6.07, 6.45) is -0.190. The van der Waals surface area contributed by atoms with E-state index >= 15 is 0 Å². The zero-order valence-corrected chi connectivity index (χ0v) is 8.54. The molecule has 0 amide bonds. The van der Waals surface area contributed by atoms with Crippen LogP contribution in [0, 0.1) is 0 Å². The van der Waals surface area contributed by atoms with E-state index in [2.05, 4.69) is 15.4 Å². The molecule has 0 aliphatic rings. The van der Waals surface area contributed by atoms with Gasteiger partial charge < -0.3 is 0 Å². The Morgan fingerprint density at radius 2 is 1.94 bits per heavy atom. The van der Waals surface area contributed by atoms with Crippen molar-refractivity contribution in [3.05, 3.63) is 24.3 Å². The van der Waals surface area contributed by atoms with E-state index in [0.29, 0.717) is 12.0 Å². The second-order valence-corrected chi connectivity index (χ2v) is 3.40. The third-order valence-electron chi connectivity index (χ3n) is 2.14. The minimum absolute atomic E-state index is 0.0211. The van der Waals surface area contributed by atoms with Gasteiger partial charge >= 0.3 is 6.18 Å². The number of halogens is 3. The molecule has 1 heterocycles. The zero-order valence-electron chi connectivity index (χ0n) is 8.54. The van der Waals surface area contributed by atoms with Crippen LogP contribution in [0.25, 0.3) is 0 Å². The molecule has 0 radical (unpaired) electrons. The lowest BCUT2D eigenvalue weighted by Gasteiger charge is -2.15. The van der Waals surface area contributed by atoms with Gasteiger partial charge in [0.15, 0.2) is 0 Å². The van der Waals surface area contributed by atoms with E-state index in [1.54, 1.807) is 0 Å². The summed E-state index contributed by atoms with van der Waals surface area (Å²) in [5, 5.41) is 0. The standard InChI is InChI=1S/C9H13F3N4/c10-9(11,12)3-1-2-8(16-13)7-4-14-6-15-5-7/h4-6,8,16H,1-3,13H2. The summed E-state index contributed by atoms with van der Waals surface area (Å²) in [6.45, 7) is 0.